The maximum Gasteiger partial charge on any atom is 0.317 e. The van der Waals surface area contributed by atoms with Gasteiger partial charge >= 0.3 is 5.97 Å². The molecule has 0 unspecified atom stereocenters. The third-order valence-electron chi connectivity index (χ3n) is 3.54. The fraction of sp³-hybridized carbons (Fsp3) is 0.636. The van der Waals surface area contributed by atoms with E-state index >= 15 is 0 Å². The number of aliphatic carboxylic acids is 1. The highest BCUT2D eigenvalue weighted by Crippen LogP contribution is 2.38. The molecule has 16 heavy (non-hydrogen) atoms. The minimum Gasteiger partial charge on any atom is -0.480 e. The van der Waals surface area contributed by atoms with E-state index in [1.807, 2.05) is 7.05 Å². The molecule has 1 aromatic rings. The van der Waals surface area contributed by atoms with Gasteiger partial charge < -0.3 is 15.4 Å². The molecular formula is C11H17N3O2. The smallest absolute Gasteiger partial charge is 0.317 e. The Hall–Kier alpha value is -1.36. The Morgan fingerprint density at radius 1 is 1.62 bits per heavy atom. The lowest BCUT2D eigenvalue weighted by Crippen LogP contribution is -2.44. The Morgan fingerprint density at radius 2 is 2.25 bits per heavy atom. The molecule has 0 aliphatic heterocycles. The molecule has 1 aliphatic carbocycles. The third kappa shape index (κ3) is 1.61. The van der Waals surface area contributed by atoms with E-state index in [0.29, 0.717) is 18.7 Å². The van der Waals surface area contributed by atoms with Crippen LogP contribution in [0.15, 0.2) is 12.4 Å². The van der Waals surface area contributed by atoms with E-state index < -0.39 is 11.4 Å². The lowest BCUT2D eigenvalue weighted by atomic mass is 9.72. The summed E-state index contributed by atoms with van der Waals surface area (Å²) in [5.74, 6) is -0.138. The molecule has 0 bridgehead atoms. The lowest BCUT2D eigenvalue weighted by molar-refractivity contribution is -0.145. The first-order chi connectivity index (χ1) is 7.56. The number of carboxylic acids is 1. The van der Waals surface area contributed by atoms with Gasteiger partial charge in [0.15, 0.2) is 0 Å². The first kappa shape index (κ1) is 11.1. The standard InChI is InChI=1S/C11H17N3O2/c1-14-7-6-13-9(14)11(10(15)16)4-2-8(12)3-5-11/h6-8H,2-5,12H2,1H3,(H,15,16). The Labute approximate surface area is 94.3 Å². The average molecular weight is 223 g/mol. The van der Waals surface area contributed by atoms with Gasteiger partial charge in [0.2, 0.25) is 0 Å². The molecule has 0 amide bonds. The molecule has 1 aliphatic rings. The van der Waals surface area contributed by atoms with Gasteiger partial charge in [0, 0.05) is 25.5 Å². The summed E-state index contributed by atoms with van der Waals surface area (Å²) in [6, 6.07) is 0.132. The zero-order valence-corrected chi connectivity index (χ0v) is 9.39. The molecular weight excluding hydrogens is 206 g/mol. The summed E-state index contributed by atoms with van der Waals surface area (Å²) < 4.78 is 1.80. The van der Waals surface area contributed by atoms with Crippen LogP contribution in [-0.4, -0.2) is 26.7 Å². The van der Waals surface area contributed by atoms with E-state index in [9.17, 15) is 9.90 Å². The SMILES string of the molecule is Cn1ccnc1C1(C(=O)O)CCC(N)CC1. The highest BCUT2D eigenvalue weighted by molar-refractivity contribution is 5.80. The van der Waals surface area contributed by atoms with Crippen LogP contribution in [0.25, 0.3) is 0 Å². The molecule has 2 rings (SSSR count). The first-order valence-corrected chi connectivity index (χ1v) is 5.53. The molecule has 88 valence electrons. The normalized spacial score (nSPS) is 30.2. The zero-order valence-electron chi connectivity index (χ0n) is 9.39. The summed E-state index contributed by atoms with van der Waals surface area (Å²) in [5, 5.41) is 9.48. The Balaban J connectivity index is 2.37. The fourth-order valence-corrected chi connectivity index (χ4v) is 2.49. The molecule has 0 radical (unpaired) electrons. The van der Waals surface area contributed by atoms with Crippen LogP contribution < -0.4 is 5.73 Å². The minimum absolute atomic E-state index is 0.132. The van der Waals surface area contributed by atoms with E-state index in [0.717, 1.165) is 12.8 Å². The molecule has 5 nitrogen and oxygen atoms in total. The number of nitrogens with two attached hydrogens (primary N) is 1. The van der Waals surface area contributed by atoms with Crippen molar-refractivity contribution < 1.29 is 9.90 Å². The van der Waals surface area contributed by atoms with E-state index in [1.54, 1.807) is 17.0 Å². The number of aryl methyl sites for hydroxylation is 1. The fourth-order valence-electron chi connectivity index (χ4n) is 2.49. The maximum absolute atomic E-state index is 11.5. The zero-order chi connectivity index (χ0) is 11.8. The number of aromatic nitrogens is 2. The average Bonchev–Trinajstić information content (AvgIpc) is 2.66. The van der Waals surface area contributed by atoms with Crippen molar-refractivity contribution in [2.24, 2.45) is 12.8 Å². The van der Waals surface area contributed by atoms with Gasteiger partial charge in [0.05, 0.1) is 0 Å². The van der Waals surface area contributed by atoms with Crippen LogP contribution in [0.1, 0.15) is 31.5 Å². The topological polar surface area (TPSA) is 81.1 Å². The number of hydrogen-bond donors (Lipinski definition) is 2. The summed E-state index contributed by atoms with van der Waals surface area (Å²) in [4.78, 5) is 15.7. The van der Waals surface area contributed by atoms with Crippen LogP contribution in [0.2, 0.25) is 0 Å². The quantitative estimate of drug-likeness (QED) is 0.771. The van der Waals surface area contributed by atoms with Gasteiger partial charge in [-0.3, -0.25) is 4.79 Å². The monoisotopic (exact) mass is 223 g/mol. The molecule has 1 fully saturated rings. The summed E-state index contributed by atoms with van der Waals surface area (Å²) in [7, 11) is 1.83. The summed E-state index contributed by atoms with van der Waals surface area (Å²) in [6.45, 7) is 0. The van der Waals surface area contributed by atoms with Crippen molar-refractivity contribution in [2.45, 2.75) is 37.1 Å². The molecule has 0 atom stereocenters. The van der Waals surface area contributed by atoms with Gasteiger partial charge in [0.1, 0.15) is 11.2 Å². The molecule has 5 heteroatoms. The molecule has 3 N–H and O–H groups in total. The number of carbonyl (C=O) groups is 1. The summed E-state index contributed by atoms with van der Waals surface area (Å²) in [6.07, 6.45) is 6.09. The molecule has 1 heterocycles. The van der Waals surface area contributed by atoms with Crippen molar-refractivity contribution in [2.75, 3.05) is 0 Å². The summed E-state index contributed by atoms with van der Waals surface area (Å²) in [5.41, 5.74) is 4.99. The molecule has 0 saturated heterocycles. The van der Waals surface area contributed by atoms with Gasteiger partial charge in [-0.1, -0.05) is 0 Å². The number of carboxylic acid groups (broad SMARTS) is 1. The second kappa shape index (κ2) is 3.90. The van der Waals surface area contributed by atoms with E-state index in [1.165, 1.54) is 0 Å². The molecule has 1 aromatic heterocycles. The van der Waals surface area contributed by atoms with Crippen LogP contribution in [0, 0.1) is 0 Å². The van der Waals surface area contributed by atoms with Crippen LogP contribution >= 0.6 is 0 Å². The van der Waals surface area contributed by atoms with Crippen molar-refractivity contribution >= 4 is 5.97 Å². The Bertz CT molecular complexity index is 392. The van der Waals surface area contributed by atoms with Gasteiger partial charge in [-0.2, -0.15) is 0 Å². The predicted molar refractivity (Wildman–Crippen MR) is 59.0 cm³/mol. The predicted octanol–water partition coefficient (Wildman–Crippen LogP) is 0.644. The van der Waals surface area contributed by atoms with E-state index in [-0.39, 0.29) is 6.04 Å². The molecule has 1 saturated carbocycles. The van der Waals surface area contributed by atoms with Gasteiger partial charge in [-0.25, -0.2) is 4.98 Å². The lowest BCUT2D eigenvalue weighted by Gasteiger charge is -2.34. The van der Waals surface area contributed by atoms with Gasteiger partial charge in [-0.05, 0) is 25.7 Å². The molecule has 0 aromatic carbocycles. The molecule has 0 spiro atoms. The van der Waals surface area contributed by atoms with Crippen molar-refractivity contribution in [3.63, 3.8) is 0 Å². The Kier molecular flexibility index (Phi) is 2.71. The largest absolute Gasteiger partial charge is 0.480 e. The number of nitrogens with zero attached hydrogens (tertiary/aromatic N) is 2. The van der Waals surface area contributed by atoms with Crippen molar-refractivity contribution in [3.8, 4) is 0 Å². The van der Waals surface area contributed by atoms with Crippen LogP contribution in [0.3, 0.4) is 0 Å². The second-order valence-corrected chi connectivity index (χ2v) is 4.59. The van der Waals surface area contributed by atoms with Crippen molar-refractivity contribution in [1.29, 1.82) is 0 Å². The highest BCUT2D eigenvalue weighted by atomic mass is 16.4. The first-order valence-electron chi connectivity index (χ1n) is 5.53. The van der Waals surface area contributed by atoms with Crippen LogP contribution in [0.4, 0.5) is 0 Å². The van der Waals surface area contributed by atoms with Crippen LogP contribution in [0.5, 0.6) is 0 Å². The third-order valence-corrected chi connectivity index (χ3v) is 3.54. The maximum atomic E-state index is 11.5. The van der Waals surface area contributed by atoms with Gasteiger partial charge in [-0.15, -0.1) is 0 Å². The minimum atomic E-state index is -0.839. The number of imidazole rings is 1. The van der Waals surface area contributed by atoms with E-state index in [2.05, 4.69) is 4.98 Å². The van der Waals surface area contributed by atoms with Crippen LogP contribution in [-0.2, 0) is 17.3 Å². The second-order valence-electron chi connectivity index (χ2n) is 4.59. The number of rotatable bonds is 2. The number of hydrogen-bond acceptors (Lipinski definition) is 3. The van der Waals surface area contributed by atoms with Crippen molar-refractivity contribution in [1.82, 2.24) is 9.55 Å². The van der Waals surface area contributed by atoms with Crippen molar-refractivity contribution in [3.05, 3.63) is 18.2 Å². The van der Waals surface area contributed by atoms with Gasteiger partial charge in [0.25, 0.3) is 0 Å². The van der Waals surface area contributed by atoms with E-state index in [4.69, 9.17) is 5.73 Å². The highest BCUT2D eigenvalue weighted by Gasteiger charge is 2.45. The Morgan fingerprint density at radius 3 is 2.69 bits per heavy atom. The summed E-state index contributed by atoms with van der Waals surface area (Å²) >= 11 is 0.